The highest BCUT2D eigenvalue weighted by Crippen LogP contribution is 2.22. The van der Waals surface area contributed by atoms with E-state index < -0.39 is 0 Å². The van der Waals surface area contributed by atoms with E-state index in [9.17, 15) is 4.79 Å². The standard InChI is InChI=1S/C8H8BrNO2.C6H4BrNO/c9-7-3-1-2-6(10-7)8-11-4-5-12-8;7-6-3-1-2-5(4-9)8-6/h1-3,8H,4-5H2;1-4H. The third kappa shape index (κ3) is 5.28. The monoisotopic (exact) mass is 414 g/mol. The third-order valence-electron chi connectivity index (χ3n) is 2.46. The number of carbonyl (C=O) groups is 1. The molecule has 0 bridgehead atoms. The predicted octanol–water partition coefficient (Wildman–Crippen LogP) is 3.55. The zero-order chi connectivity index (χ0) is 15.1. The van der Waals surface area contributed by atoms with Crippen molar-refractivity contribution in [2.45, 2.75) is 6.29 Å². The van der Waals surface area contributed by atoms with Gasteiger partial charge in [-0.15, -0.1) is 0 Å². The Morgan fingerprint density at radius 2 is 1.62 bits per heavy atom. The fraction of sp³-hybridized carbons (Fsp3) is 0.214. The summed E-state index contributed by atoms with van der Waals surface area (Å²) in [5.74, 6) is 0. The van der Waals surface area contributed by atoms with Gasteiger partial charge in [-0.2, -0.15) is 0 Å². The number of hydrogen-bond donors (Lipinski definition) is 0. The minimum Gasteiger partial charge on any atom is -0.345 e. The van der Waals surface area contributed by atoms with Crippen molar-refractivity contribution in [2.75, 3.05) is 13.2 Å². The number of nitrogens with zero attached hydrogens (tertiary/aromatic N) is 2. The molecular weight excluding hydrogens is 404 g/mol. The Kier molecular flexibility index (Phi) is 6.44. The third-order valence-corrected chi connectivity index (χ3v) is 3.34. The van der Waals surface area contributed by atoms with Crippen molar-refractivity contribution in [3.8, 4) is 0 Å². The van der Waals surface area contributed by atoms with E-state index in [0.717, 1.165) is 10.3 Å². The van der Waals surface area contributed by atoms with Gasteiger partial charge in [0.2, 0.25) is 6.29 Å². The Hall–Kier alpha value is -1.15. The smallest absolute Gasteiger partial charge is 0.201 e. The van der Waals surface area contributed by atoms with E-state index in [0.29, 0.717) is 29.8 Å². The molecule has 1 saturated heterocycles. The van der Waals surface area contributed by atoms with Crippen LogP contribution in [0.5, 0.6) is 0 Å². The van der Waals surface area contributed by atoms with Crippen LogP contribution in [0.3, 0.4) is 0 Å². The molecule has 110 valence electrons. The Morgan fingerprint density at radius 3 is 2.14 bits per heavy atom. The van der Waals surface area contributed by atoms with Crippen LogP contribution >= 0.6 is 31.9 Å². The Balaban J connectivity index is 0.000000161. The van der Waals surface area contributed by atoms with Gasteiger partial charge in [-0.25, -0.2) is 9.97 Å². The molecule has 2 aromatic heterocycles. The number of rotatable bonds is 2. The lowest BCUT2D eigenvalue weighted by Crippen LogP contribution is -2.00. The highest BCUT2D eigenvalue weighted by Gasteiger charge is 2.19. The van der Waals surface area contributed by atoms with Crippen LogP contribution in [-0.4, -0.2) is 29.5 Å². The molecule has 0 amide bonds. The van der Waals surface area contributed by atoms with E-state index in [-0.39, 0.29) is 6.29 Å². The molecule has 0 aliphatic carbocycles. The molecular formula is C14H12Br2N2O3. The van der Waals surface area contributed by atoms with E-state index in [1.165, 1.54) is 0 Å². The Bertz CT molecular complexity index is 604. The van der Waals surface area contributed by atoms with Crippen molar-refractivity contribution in [3.05, 3.63) is 57.0 Å². The molecule has 1 aliphatic rings. The normalized spacial score (nSPS) is 14.4. The van der Waals surface area contributed by atoms with Crippen molar-refractivity contribution in [3.63, 3.8) is 0 Å². The molecule has 0 saturated carbocycles. The second-order valence-electron chi connectivity index (χ2n) is 3.96. The molecule has 3 heterocycles. The minimum absolute atomic E-state index is 0.275. The molecule has 2 aromatic rings. The number of ether oxygens (including phenoxy) is 2. The van der Waals surface area contributed by atoms with Gasteiger partial charge in [-0.1, -0.05) is 12.1 Å². The molecule has 0 spiro atoms. The van der Waals surface area contributed by atoms with Gasteiger partial charge < -0.3 is 9.47 Å². The van der Waals surface area contributed by atoms with Crippen LogP contribution in [0.15, 0.2) is 45.6 Å². The van der Waals surface area contributed by atoms with Crippen LogP contribution in [0.4, 0.5) is 0 Å². The van der Waals surface area contributed by atoms with E-state index in [1.807, 2.05) is 18.2 Å². The fourth-order valence-corrected chi connectivity index (χ4v) is 2.29. The van der Waals surface area contributed by atoms with Gasteiger partial charge in [0.25, 0.3) is 0 Å². The molecule has 7 heteroatoms. The minimum atomic E-state index is -0.275. The van der Waals surface area contributed by atoms with Crippen molar-refractivity contribution < 1.29 is 14.3 Å². The molecule has 0 unspecified atom stereocenters. The molecule has 5 nitrogen and oxygen atoms in total. The van der Waals surface area contributed by atoms with E-state index in [4.69, 9.17) is 9.47 Å². The van der Waals surface area contributed by atoms with Gasteiger partial charge in [0, 0.05) is 0 Å². The van der Waals surface area contributed by atoms with Crippen LogP contribution < -0.4 is 0 Å². The highest BCUT2D eigenvalue weighted by molar-refractivity contribution is 9.10. The Morgan fingerprint density at radius 1 is 1.00 bits per heavy atom. The summed E-state index contributed by atoms with van der Waals surface area (Å²) < 4.78 is 12.1. The number of aromatic nitrogens is 2. The lowest BCUT2D eigenvalue weighted by Gasteiger charge is -2.07. The average Bonchev–Trinajstić information content (AvgIpc) is 3.02. The molecule has 0 radical (unpaired) electrons. The number of aldehydes is 1. The zero-order valence-corrected chi connectivity index (χ0v) is 14.1. The highest BCUT2D eigenvalue weighted by atomic mass is 79.9. The first-order valence-electron chi connectivity index (χ1n) is 6.12. The first kappa shape index (κ1) is 16.2. The first-order valence-corrected chi connectivity index (χ1v) is 7.71. The van der Waals surface area contributed by atoms with Crippen molar-refractivity contribution in [1.82, 2.24) is 9.97 Å². The summed E-state index contributed by atoms with van der Waals surface area (Å²) in [4.78, 5) is 18.1. The molecule has 3 rings (SSSR count). The molecule has 1 aliphatic heterocycles. The van der Waals surface area contributed by atoms with Crippen LogP contribution in [0.2, 0.25) is 0 Å². The van der Waals surface area contributed by atoms with Gasteiger partial charge in [-0.05, 0) is 56.1 Å². The van der Waals surface area contributed by atoms with Crippen molar-refractivity contribution in [2.24, 2.45) is 0 Å². The first-order chi connectivity index (χ1) is 10.2. The largest absolute Gasteiger partial charge is 0.345 e. The molecule has 0 aromatic carbocycles. The maximum Gasteiger partial charge on any atom is 0.201 e. The summed E-state index contributed by atoms with van der Waals surface area (Å²) in [6.45, 7) is 1.30. The van der Waals surface area contributed by atoms with Crippen LogP contribution in [0.25, 0.3) is 0 Å². The number of hydrogen-bond acceptors (Lipinski definition) is 5. The summed E-state index contributed by atoms with van der Waals surface area (Å²) in [7, 11) is 0. The van der Waals surface area contributed by atoms with Crippen molar-refractivity contribution in [1.29, 1.82) is 0 Å². The maximum absolute atomic E-state index is 10.1. The lowest BCUT2D eigenvalue weighted by molar-refractivity contribution is -0.0473. The van der Waals surface area contributed by atoms with E-state index >= 15 is 0 Å². The van der Waals surface area contributed by atoms with Crippen LogP contribution in [-0.2, 0) is 9.47 Å². The fourth-order valence-electron chi connectivity index (χ4n) is 1.57. The summed E-state index contributed by atoms with van der Waals surface area (Å²) in [6.07, 6.45) is 0.438. The van der Waals surface area contributed by atoms with Gasteiger partial charge in [-0.3, -0.25) is 4.79 Å². The SMILES string of the molecule is Brc1cccc(C2OCCO2)n1.O=Cc1cccc(Br)n1. The van der Waals surface area contributed by atoms with Gasteiger partial charge in [0.05, 0.1) is 18.9 Å². The summed E-state index contributed by atoms with van der Waals surface area (Å²) in [6, 6.07) is 10.9. The molecule has 0 N–H and O–H groups in total. The maximum atomic E-state index is 10.1. The van der Waals surface area contributed by atoms with Crippen molar-refractivity contribution >= 4 is 38.1 Å². The zero-order valence-electron chi connectivity index (χ0n) is 10.9. The van der Waals surface area contributed by atoms with Gasteiger partial charge >= 0.3 is 0 Å². The van der Waals surface area contributed by atoms with Crippen LogP contribution in [0, 0.1) is 0 Å². The van der Waals surface area contributed by atoms with E-state index in [2.05, 4.69) is 41.8 Å². The number of pyridine rings is 2. The summed E-state index contributed by atoms with van der Waals surface area (Å²) in [5.41, 5.74) is 1.27. The predicted molar refractivity (Wildman–Crippen MR) is 83.9 cm³/mol. The summed E-state index contributed by atoms with van der Waals surface area (Å²) >= 11 is 6.42. The molecule has 21 heavy (non-hydrogen) atoms. The lowest BCUT2D eigenvalue weighted by atomic mass is 10.3. The Labute approximate surface area is 139 Å². The summed E-state index contributed by atoms with van der Waals surface area (Å²) in [5, 5.41) is 0. The van der Waals surface area contributed by atoms with Gasteiger partial charge in [0.1, 0.15) is 14.9 Å². The van der Waals surface area contributed by atoms with Crippen LogP contribution in [0.1, 0.15) is 22.5 Å². The second-order valence-corrected chi connectivity index (χ2v) is 5.59. The number of carbonyl (C=O) groups excluding carboxylic acids is 1. The van der Waals surface area contributed by atoms with E-state index in [1.54, 1.807) is 18.2 Å². The quantitative estimate of drug-likeness (QED) is 0.554. The second kappa shape index (κ2) is 8.33. The molecule has 1 fully saturated rings. The average molecular weight is 416 g/mol. The van der Waals surface area contributed by atoms with Gasteiger partial charge in [0.15, 0.2) is 6.29 Å². The topological polar surface area (TPSA) is 61.3 Å². The molecule has 0 atom stereocenters. The number of halogens is 2.